The molecule has 0 fully saturated rings. The smallest absolute Gasteiger partial charge is 0.203 e. The quantitative estimate of drug-likeness (QED) is 0.720. The predicted octanol–water partition coefficient (Wildman–Crippen LogP) is 3.13. The molecule has 2 heterocycles. The van der Waals surface area contributed by atoms with Gasteiger partial charge in [-0.1, -0.05) is 30.3 Å². The van der Waals surface area contributed by atoms with Crippen molar-refractivity contribution in [1.82, 2.24) is 19.9 Å². The maximum atomic E-state index is 5.94. The van der Waals surface area contributed by atoms with E-state index in [9.17, 15) is 0 Å². The zero-order valence-corrected chi connectivity index (χ0v) is 11.0. The molecular weight excluding hydrogens is 262 g/mol. The predicted molar refractivity (Wildman–Crippen MR) is 74.3 cm³/mol. The molecule has 0 radical (unpaired) electrons. The van der Waals surface area contributed by atoms with Gasteiger partial charge in [0.1, 0.15) is 17.8 Å². The van der Waals surface area contributed by atoms with Crippen LogP contribution in [0.3, 0.4) is 0 Å². The van der Waals surface area contributed by atoms with Gasteiger partial charge < -0.3 is 10.3 Å². The van der Waals surface area contributed by atoms with Crippen LogP contribution in [0.4, 0.5) is 5.82 Å². The Kier molecular flexibility index (Phi) is 3.05. The standard InChI is InChI=1S/C13H12ClN5/c1-8(9-5-3-2-4-6-9)17-12-10-11(16-7-15-10)18-13(14)19-12/h2-8H,1H3,(H2,15,16,17,18,19)/t8-/m0/s1. The Morgan fingerprint density at radius 3 is 2.79 bits per heavy atom. The summed E-state index contributed by atoms with van der Waals surface area (Å²) in [5, 5.41) is 3.63. The SMILES string of the molecule is C[C@H](Nc1[nH]c(Cl)nc2ncnc1-2)c1ccccc1. The fourth-order valence-electron chi connectivity index (χ4n) is 1.95. The first-order chi connectivity index (χ1) is 9.24. The second kappa shape index (κ2) is 4.85. The first-order valence-electron chi connectivity index (χ1n) is 5.92. The Morgan fingerprint density at radius 2 is 2.00 bits per heavy atom. The summed E-state index contributed by atoms with van der Waals surface area (Å²) in [5.74, 6) is 1.26. The molecule has 3 rings (SSSR count). The number of nitrogens with one attached hydrogen (secondary N) is 2. The van der Waals surface area contributed by atoms with Crippen LogP contribution in [0.2, 0.25) is 5.28 Å². The van der Waals surface area contributed by atoms with Gasteiger partial charge in [0.2, 0.25) is 5.28 Å². The first kappa shape index (κ1) is 11.9. The maximum Gasteiger partial charge on any atom is 0.203 e. The van der Waals surface area contributed by atoms with Crippen molar-refractivity contribution in [2.45, 2.75) is 13.0 Å². The highest BCUT2D eigenvalue weighted by atomic mass is 35.5. The van der Waals surface area contributed by atoms with Crippen molar-refractivity contribution in [3.63, 3.8) is 0 Å². The van der Waals surface area contributed by atoms with Gasteiger partial charge >= 0.3 is 0 Å². The topological polar surface area (TPSA) is 66.5 Å². The largest absolute Gasteiger partial charge is 0.363 e. The normalized spacial score (nSPS) is 12.5. The lowest BCUT2D eigenvalue weighted by molar-refractivity contribution is 0.871. The van der Waals surface area contributed by atoms with Crippen molar-refractivity contribution in [3.05, 3.63) is 47.5 Å². The summed E-state index contributed by atoms with van der Waals surface area (Å²) in [4.78, 5) is 15.3. The molecule has 5 nitrogen and oxygen atoms in total. The molecule has 0 aliphatic carbocycles. The van der Waals surface area contributed by atoms with Gasteiger partial charge in [0.25, 0.3) is 0 Å². The monoisotopic (exact) mass is 273 g/mol. The number of halogens is 1. The van der Waals surface area contributed by atoms with Crippen molar-refractivity contribution in [1.29, 1.82) is 0 Å². The van der Waals surface area contributed by atoms with Crippen LogP contribution in [0.25, 0.3) is 11.5 Å². The lowest BCUT2D eigenvalue weighted by Gasteiger charge is -2.17. The van der Waals surface area contributed by atoms with Crippen LogP contribution in [0.15, 0.2) is 36.7 Å². The van der Waals surface area contributed by atoms with Gasteiger partial charge in [-0.05, 0) is 24.1 Å². The van der Waals surface area contributed by atoms with Crippen molar-refractivity contribution < 1.29 is 0 Å². The average molecular weight is 274 g/mol. The molecule has 2 aliphatic rings. The number of aromatic amines is 1. The Bertz CT molecular complexity index is 651. The molecular formula is C13H12ClN5. The number of nitrogens with zero attached hydrogens (tertiary/aromatic N) is 3. The number of rotatable bonds is 3. The van der Waals surface area contributed by atoms with E-state index in [0.29, 0.717) is 11.5 Å². The minimum absolute atomic E-state index is 0.121. The third-order valence-electron chi connectivity index (χ3n) is 2.91. The number of imidazole rings is 1. The van der Waals surface area contributed by atoms with E-state index in [1.54, 1.807) is 0 Å². The number of anilines is 1. The van der Waals surface area contributed by atoms with Gasteiger partial charge in [-0.3, -0.25) is 0 Å². The molecule has 19 heavy (non-hydrogen) atoms. The molecule has 1 aromatic carbocycles. The van der Waals surface area contributed by atoms with Gasteiger partial charge in [-0.2, -0.15) is 4.98 Å². The summed E-state index contributed by atoms with van der Waals surface area (Å²) in [6, 6.07) is 10.3. The van der Waals surface area contributed by atoms with E-state index in [4.69, 9.17) is 11.6 Å². The second-order valence-electron chi connectivity index (χ2n) is 4.23. The Hall–Kier alpha value is -2.14. The summed E-state index contributed by atoms with van der Waals surface area (Å²) in [7, 11) is 0. The number of benzene rings is 1. The van der Waals surface area contributed by atoms with Crippen LogP contribution in [-0.2, 0) is 0 Å². The summed E-state index contributed by atoms with van der Waals surface area (Å²) < 4.78 is 0. The summed E-state index contributed by atoms with van der Waals surface area (Å²) in [6.45, 7) is 2.07. The molecule has 0 saturated carbocycles. The molecule has 0 spiro atoms. The molecule has 1 atom stereocenters. The number of aromatic nitrogens is 4. The molecule has 0 bridgehead atoms. The molecule has 0 aromatic heterocycles. The van der Waals surface area contributed by atoms with E-state index in [-0.39, 0.29) is 11.3 Å². The first-order valence-corrected chi connectivity index (χ1v) is 6.29. The van der Waals surface area contributed by atoms with E-state index < -0.39 is 0 Å². The number of hydrogen-bond donors (Lipinski definition) is 2. The number of fused-ring (bicyclic) bond motifs is 1. The van der Waals surface area contributed by atoms with Gasteiger partial charge in [0.05, 0.1) is 0 Å². The van der Waals surface area contributed by atoms with E-state index in [0.717, 1.165) is 5.82 Å². The Labute approximate surface area is 115 Å². The van der Waals surface area contributed by atoms with Crippen LogP contribution in [0.1, 0.15) is 18.5 Å². The fraction of sp³-hybridized carbons (Fsp3) is 0.154. The molecule has 2 N–H and O–H groups in total. The maximum absolute atomic E-state index is 5.94. The Morgan fingerprint density at radius 1 is 1.21 bits per heavy atom. The van der Waals surface area contributed by atoms with Crippen LogP contribution in [0, 0.1) is 0 Å². The van der Waals surface area contributed by atoms with Crippen LogP contribution >= 0.6 is 11.6 Å². The van der Waals surface area contributed by atoms with Gasteiger partial charge in [-0.25, -0.2) is 9.97 Å². The van der Waals surface area contributed by atoms with E-state index in [2.05, 4.69) is 44.3 Å². The zero-order chi connectivity index (χ0) is 13.2. The van der Waals surface area contributed by atoms with Crippen molar-refractivity contribution >= 4 is 17.4 Å². The van der Waals surface area contributed by atoms with E-state index in [1.165, 1.54) is 11.9 Å². The average Bonchev–Trinajstić information content (AvgIpc) is 2.88. The summed E-state index contributed by atoms with van der Waals surface area (Å²) >= 11 is 5.94. The van der Waals surface area contributed by atoms with Crippen molar-refractivity contribution in [3.8, 4) is 11.5 Å². The lowest BCUT2D eigenvalue weighted by atomic mass is 10.1. The van der Waals surface area contributed by atoms with E-state index >= 15 is 0 Å². The molecule has 0 amide bonds. The minimum Gasteiger partial charge on any atom is -0.363 e. The highest BCUT2D eigenvalue weighted by molar-refractivity contribution is 6.28. The molecule has 0 saturated heterocycles. The zero-order valence-electron chi connectivity index (χ0n) is 10.3. The highest BCUT2D eigenvalue weighted by Crippen LogP contribution is 2.27. The molecule has 96 valence electrons. The van der Waals surface area contributed by atoms with Gasteiger partial charge in [-0.15, -0.1) is 0 Å². The second-order valence-corrected chi connectivity index (χ2v) is 4.58. The van der Waals surface area contributed by atoms with E-state index in [1.807, 2.05) is 18.2 Å². The molecule has 1 aromatic rings. The van der Waals surface area contributed by atoms with Crippen LogP contribution in [-0.4, -0.2) is 19.9 Å². The summed E-state index contributed by atoms with van der Waals surface area (Å²) in [6.07, 6.45) is 1.47. The number of H-pyrrole nitrogens is 1. The minimum atomic E-state index is 0.121. The summed E-state index contributed by atoms with van der Waals surface area (Å²) in [5.41, 5.74) is 1.86. The van der Waals surface area contributed by atoms with Gasteiger partial charge in [0, 0.05) is 6.04 Å². The van der Waals surface area contributed by atoms with Crippen molar-refractivity contribution in [2.75, 3.05) is 5.32 Å². The van der Waals surface area contributed by atoms with Crippen molar-refractivity contribution in [2.24, 2.45) is 0 Å². The lowest BCUT2D eigenvalue weighted by Crippen LogP contribution is -2.10. The van der Waals surface area contributed by atoms with Gasteiger partial charge in [0.15, 0.2) is 5.82 Å². The van der Waals surface area contributed by atoms with Crippen LogP contribution < -0.4 is 5.32 Å². The highest BCUT2D eigenvalue weighted by Gasteiger charge is 2.16. The molecule has 6 heteroatoms. The third-order valence-corrected chi connectivity index (χ3v) is 3.09. The van der Waals surface area contributed by atoms with Crippen LogP contribution in [0.5, 0.6) is 0 Å². The molecule has 2 aliphatic heterocycles. The fourth-order valence-corrected chi connectivity index (χ4v) is 2.12. The third kappa shape index (κ3) is 2.37. The number of hydrogen-bond acceptors (Lipinski definition) is 4. The molecule has 0 unspecified atom stereocenters. The Balaban J connectivity index is 1.92.